The van der Waals surface area contributed by atoms with Gasteiger partial charge in [-0.3, -0.25) is 4.68 Å². The number of halogens is 2. The number of aryl methyl sites for hydroxylation is 2. The Morgan fingerprint density at radius 2 is 2.05 bits per heavy atom. The summed E-state index contributed by atoms with van der Waals surface area (Å²) >= 11 is 5.27. The first-order valence-corrected chi connectivity index (χ1v) is 7.16. The molecule has 0 aliphatic rings. The monoisotopic (exact) mass is 324 g/mol. The third-order valence-corrected chi connectivity index (χ3v) is 3.99. The molecular weight excluding hydrogens is 306 g/mol. The van der Waals surface area contributed by atoms with Crippen LogP contribution >= 0.6 is 12.2 Å². The molecule has 2 aromatic rings. The van der Waals surface area contributed by atoms with Gasteiger partial charge >= 0.3 is 0 Å². The minimum atomic E-state index is -0.676. The van der Waals surface area contributed by atoms with Gasteiger partial charge in [0.15, 0.2) is 5.11 Å². The van der Waals surface area contributed by atoms with Crippen molar-refractivity contribution in [3.8, 4) is 0 Å². The van der Waals surface area contributed by atoms with Gasteiger partial charge < -0.3 is 10.2 Å². The van der Waals surface area contributed by atoms with Crippen LogP contribution < -0.4 is 5.32 Å². The first kappa shape index (κ1) is 16.4. The fourth-order valence-corrected chi connectivity index (χ4v) is 2.33. The third-order valence-electron chi connectivity index (χ3n) is 3.57. The van der Waals surface area contributed by atoms with Crippen LogP contribution in [0.1, 0.15) is 17.0 Å². The van der Waals surface area contributed by atoms with E-state index >= 15 is 0 Å². The van der Waals surface area contributed by atoms with E-state index in [1.165, 1.54) is 12.1 Å². The van der Waals surface area contributed by atoms with Gasteiger partial charge in [-0.1, -0.05) is 0 Å². The van der Waals surface area contributed by atoms with Crippen LogP contribution in [0.15, 0.2) is 18.2 Å². The van der Waals surface area contributed by atoms with Gasteiger partial charge in [-0.05, 0) is 38.2 Å². The molecule has 0 aliphatic heterocycles. The van der Waals surface area contributed by atoms with E-state index in [1.807, 2.05) is 32.6 Å². The van der Waals surface area contributed by atoms with Crippen molar-refractivity contribution in [1.82, 2.24) is 14.7 Å². The minimum Gasteiger partial charge on any atom is -0.348 e. The van der Waals surface area contributed by atoms with Gasteiger partial charge in [-0.2, -0.15) is 5.10 Å². The second-order valence-electron chi connectivity index (χ2n) is 5.18. The van der Waals surface area contributed by atoms with E-state index in [1.54, 1.807) is 4.90 Å². The summed E-state index contributed by atoms with van der Waals surface area (Å²) in [6.45, 7) is 4.48. The van der Waals surface area contributed by atoms with Crippen LogP contribution in [-0.2, 0) is 13.6 Å². The molecule has 0 amide bonds. The van der Waals surface area contributed by atoms with Crippen LogP contribution in [0.4, 0.5) is 14.5 Å². The smallest absolute Gasteiger partial charge is 0.173 e. The highest BCUT2D eigenvalue weighted by molar-refractivity contribution is 7.80. The van der Waals surface area contributed by atoms with Gasteiger partial charge in [-0.25, -0.2) is 8.78 Å². The number of aromatic nitrogens is 2. The van der Waals surface area contributed by atoms with E-state index in [9.17, 15) is 8.78 Å². The molecule has 4 nitrogen and oxygen atoms in total. The predicted octanol–water partition coefficient (Wildman–Crippen LogP) is 3.14. The maximum absolute atomic E-state index is 13.6. The molecule has 0 atom stereocenters. The SMILES string of the molecule is Cc1nn(C)c(C)c1CN(C)C(=S)Nc1ccc(F)cc1F. The third kappa shape index (κ3) is 3.41. The number of anilines is 1. The van der Waals surface area contributed by atoms with Crippen LogP contribution in [0.5, 0.6) is 0 Å². The summed E-state index contributed by atoms with van der Waals surface area (Å²) in [5.41, 5.74) is 3.22. The Kier molecular flexibility index (Phi) is 4.75. The van der Waals surface area contributed by atoms with Crippen molar-refractivity contribution in [2.45, 2.75) is 20.4 Å². The van der Waals surface area contributed by atoms with Crippen LogP contribution in [-0.4, -0.2) is 26.8 Å². The Hall–Kier alpha value is -2.02. The van der Waals surface area contributed by atoms with E-state index in [0.717, 1.165) is 23.0 Å². The van der Waals surface area contributed by atoms with Gasteiger partial charge in [0.05, 0.1) is 11.4 Å². The first-order valence-electron chi connectivity index (χ1n) is 6.76. The van der Waals surface area contributed by atoms with Crippen molar-refractivity contribution in [1.29, 1.82) is 0 Å². The molecule has 0 aliphatic carbocycles. The number of thiocarbonyl (C=S) groups is 1. The van der Waals surface area contributed by atoms with E-state index in [-0.39, 0.29) is 5.69 Å². The van der Waals surface area contributed by atoms with Crippen molar-refractivity contribution in [2.75, 3.05) is 12.4 Å². The lowest BCUT2D eigenvalue weighted by molar-refractivity contribution is 0.504. The molecule has 7 heteroatoms. The minimum absolute atomic E-state index is 0.151. The lowest BCUT2D eigenvalue weighted by Crippen LogP contribution is -2.31. The Morgan fingerprint density at radius 1 is 1.36 bits per heavy atom. The molecule has 0 bridgehead atoms. The van der Waals surface area contributed by atoms with Crippen molar-refractivity contribution in [3.05, 3.63) is 46.8 Å². The number of hydrogen-bond acceptors (Lipinski definition) is 2. The molecule has 1 aromatic heterocycles. The molecule has 1 N–H and O–H groups in total. The summed E-state index contributed by atoms with van der Waals surface area (Å²) in [4.78, 5) is 1.79. The van der Waals surface area contributed by atoms with Gasteiger partial charge in [0, 0.05) is 38.0 Å². The predicted molar refractivity (Wildman–Crippen MR) is 86.7 cm³/mol. The molecule has 118 valence electrons. The van der Waals surface area contributed by atoms with Gasteiger partial charge in [0.25, 0.3) is 0 Å². The molecule has 0 radical (unpaired) electrons. The van der Waals surface area contributed by atoms with E-state index in [2.05, 4.69) is 10.4 Å². The number of benzene rings is 1. The second kappa shape index (κ2) is 6.39. The molecule has 1 aromatic carbocycles. The summed E-state index contributed by atoms with van der Waals surface area (Å²) in [5.74, 6) is -1.30. The lowest BCUT2D eigenvalue weighted by atomic mass is 10.2. The zero-order valence-electron chi connectivity index (χ0n) is 12.9. The zero-order chi connectivity index (χ0) is 16.4. The Labute approximate surface area is 133 Å². The molecule has 0 saturated carbocycles. The average molecular weight is 324 g/mol. The maximum atomic E-state index is 13.6. The molecule has 0 unspecified atom stereocenters. The van der Waals surface area contributed by atoms with Gasteiger partial charge in [-0.15, -0.1) is 0 Å². The number of nitrogens with one attached hydrogen (secondary N) is 1. The van der Waals surface area contributed by atoms with Crippen LogP contribution in [0.25, 0.3) is 0 Å². The van der Waals surface area contributed by atoms with Crippen molar-refractivity contribution in [3.63, 3.8) is 0 Å². The fraction of sp³-hybridized carbons (Fsp3) is 0.333. The van der Waals surface area contributed by atoms with Crippen LogP contribution in [0.2, 0.25) is 0 Å². The van der Waals surface area contributed by atoms with Crippen molar-refractivity contribution < 1.29 is 8.78 Å². The molecule has 22 heavy (non-hydrogen) atoms. The standard InChI is InChI=1S/C15H18F2N4S/c1-9-12(10(2)21(4)19-9)8-20(3)15(22)18-14-6-5-11(16)7-13(14)17/h5-7H,8H2,1-4H3,(H,18,22). The fourth-order valence-electron chi connectivity index (χ4n) is 2.16. The van der Waals surface area contributed by atoms with Gasteiger partial charge in [0.2, 0.25) is 0 Å². The van der Waals surface area contributed by atoms with Crippen molar-refractivity contribution in [2.24, 2.45) is 7.05 Å². The Morgan fingerprint density at radius 3 is 2.59 bits per heavy atom. The molecule has 0 fully saturated rings. The maximum Gasteiger partial charge on any atom is 0.173 e. The summed E-state index contributed by atoms with van der Waals surface area (Å²) in [5, 5.41) is 7.50. The van der Waals surface area contributed by atoms with Gasteiger partial charge in [0.1, 0.15) is 11.6 Å². The van der Waals surface area contributed by atoms with Crippen molar-refractivity contribution >= 4 is 23.0 Å². The first-order chi connectivity index (χ1) is 10.3. The highest BCUT2D eigenvalue weighted by atomic mass is 32.1. The Bertz CT molecular complexity index is 712. The second-order valence-corrected chi connectivity index (χ2v) is 5.57. The highest BCUT2D eigenvalue weighted by Crippen LogP contribution is 2.17. The topological polar surface area (TPSA) is 33.1 Å². The molecule has 2 rings (SSSR count). The number of rotatable bonds is 3. The van der Waals surface area contributed by atoms with Crippen LogP contribution in [0, 0.1) is 25.5 Å². The highest BCUT2D eigenvalue weighted by Gasteiger charge is 2.14. The Balaban J connectivity index is 2.09. The zero-order valence-corrected chi connectivity index (χ0v) is 13.8. The average Bonchev–Trinajstić information content (AvgIpc) is 2.68. The molecule has 0 spiro atoms. The largest absolute Gasteiger partial charge is 0.348 e. The summed E-state index contributed by atoms with van der Waals surface area (Å²) in [6.07, 6.45) is 0. The van der Waals surface area contributed by atoms with E-state index < -0.39 is 11.6 Å². The summed E-state index contributed by atoms with van der Waals surface area (Å²) in [6, 6.07) is 3.33. The molecule has 1 heterocycles. The van der Waals surface area contributed by atoms with Crippen LogP contribution in [0.3, 0.4) is 0 Å². The van der Waals surface area contributed by atoms with E-state index in [0.29, 0.717) is 11.7 Å². The normalized spacial score (nSPS) is 10.6. The lowest BCUT2D eigenvalue weighted by Gasteiger charge is -2.21. The quantitative estimate of drug-likeness (QED) is 0.880. The molecular formula is C15H18F2N4S. The summed E-state index contributed by atoms with van der Waals surface area (Å²) < 4.78 is 28.4. The van der Waals surface area contributed by atoms with E-state index in [4.69, 9.17) is 12.2 Å². The molecule has 0 saturated heterocycles. The summed E-state index contributed by atoms with van der Waals surface area (Å²) in [7, 11) is 3.69. The number of hydrogen-bond donors (Lipinski definition) is 1. The number of nitrogens with zero attached hydrogens (tertiary/aromatic N) is 3.